The minimum Gasteiger partial charge on any atom is -0.481 e. The topological polar surface area (TPSA) is 135 Å². The van der Waals surface area contributed by atoms with E-state index < -0.39 is 31.1 Å². The number of likely N-dealkylation sites (tertiary alicyclic amines) is 1. The van der Waals surface area contributed by atoms with Crippen LogP contribution in [0.15, 0.2) is 0 Å². The van der Waals surface area contributed by atoms with Gasteiger partial charge in [-0.1, -0.05) is 6.42 Å². The molecule has 1 heterocycles. The molecule has 0 spiro atoms. The van der Waals surface area contributed by atoms with Gasteiger partial charge in [0.2, 0.25) is 0 Å². The minimum absolute atomic E-state index is 0.155. The van der Waals surface area contributed by atoms with Gasteiger partial charge in [0, 0.05) is 6.54 Å². The lowest BCUT2D eigenvalue weighted by Gasteiger charge is -2.31. The average molecular weight is 295 g/mol. The van der Waals surface area contributed by atoms with Crippen LogP contribution in [0, 0.1) is 5.92 Å². The second kappa shape index (κ2) is 6.47. The molecule has 0 radical (unpaired) electrons. The molecule has 0 aliphatic carbocycles. The first-order valence-electron chi connectivity index (χ1n) is 5.96. The summed E-state index contributed by atoms with van der Waals surface area (Å²) in [6, 6.07) is 0. The largest absolute Gasteiger partial charge is 0.481 e. The minimum atomic E-state index is -5.02. The Morgan fingerprint density at radius 3 is 1.95 bits per heavy atom. The van der Waals surface area contributed by atoms with Crippen molar-refractivity contribution < 1.29 is 34.2 Å². The van der Waals surface area contributed by atoms with Gasteiger partial charge in [-0.3, -0.25) is 14.2 Å². The van der Waals surface area contributed by atoms with E-state index in [4.69, 9.17) is 20.0 Å². The molecular formula is C10H18NO7P. The third-order valence-electron chi connectivity index (χ3n) is 3.22. The summed E-state index contributed by atoms with van der Waals surface area (Å²) in [5.41, 5.74) is -2.20. The highest BCUT2D eigenvalue weighted by Gasteiger charge is 2.46. The van der Waals surface area contributed by atoms with Crippen molar-refractivity contribution >= 4 is 19.5 Å². The van der Waals surface area contributed by atoms with Crippen molar-refractivity contribution in [2.75, 3.05) is 19.6 Å². The highest BCUT2D eigenvalue weighted by molar-refractivity contribution is 7.53. The molecule has 8 nitrogen and oxygen atoms in total. The predicted molar refractivity (Wildman–Crippen MR) is 64.9 cm³/mol. The van der Waals surface area contributed by atoms with Crippen LogP contribution in [0.3, 0.4) is 0 Å². The third kappa shape index (κ3) is 4.58. The van der Waals surface area contributed by atoms with Gasteiger partial charge in [-0.15, -0.1) is 0 Å². The van der Waals surface area contributed by atoms with E-state index in [0.29, 0.717) is 13.1 Å². The Hall–Kier alpha value is -0.950. The van der Waals surface area contributed by atoms with Gasteiger partial charge in [0.05, 0.1) is 5.92 Å². The second-order valence-corrected chi connectivity index (χ2v) is 6.41. The fraction of sp³-hybridized carbons (Fsp3) is 0.800. The monoisotopic (exact) mass is 295 g/mol. The molecule has 19 heavy (non-hydrogen) atoms. The molecular weight excluding hydrogens is 277 g/mol. The molecule has 9 heteroatoms. The summed E-state index contributed by atoms with van der Waals surface area (Å²) in [4.78, 5) is 41.9. The maximum atomic E-state index is 11.2. The van der Waals surface area contributed by atoms with Crippen molar-refractivity contribution in [1.82, 2.24) is 4.90 Å². The van der Waals surface area contributed by atoms with Crippen molar-refractivity contribution in [3.05, 3.63) is 0 Å². The Bertz CT molecular complexity index is 387. The molecule has 4 N–H and O–H groups in total. The number of carbonyl (C=O) groups is 2. The molecule has 1 saturated heterocycles. The Balaban J connectivity index is 2.88. The Kier molecular flexibility index (Phi) is 5.49. The lowest BCUT2D eigenvalue weighted by atomic mass is 10.0. The SMILES string of the molecule is O=C(O)C(CN1CCCCC1)C(C(=O)O)P(=O)(O)O. The fourth-order valence-corrected chi connectivity index (χ4v) is 3.26. The standard InChI is InChI=1S/C10H18NO7P/c12-9(13)7(6-11-4-2-1-3-5-11)8(10(14)15)19(16,17)18/h7-8H,1-6H2,(H,12,13)(H,14,15)(H2,16,17,18). The summed E-state index contributed by atoms with van der Waals surface area (Å²) in [5.74, 6) is -4.89. The first-order chi connectivity index (χ1) is 8.73. The zero-order valence-electron chi connectivity index (χ0n) is 10.3. The number of hydrogen-bond acceptors (Lipinski definition) is 4. The number of nitrogens with zero attached hydrogens (tertiary/aromatic N) is 1. The normalized spacial score (nSPS) is 20.7. The predicted octanol–water partition coefficient (Wildman–Crippen LogP) is -0.196. The Morgan fingerprint density at radius 1 is 1.05 bits per heavy atom. The quantitative estimate of drug-likeness (QED) is 0.495. The van der Waals surface area contributed by atoms with Crippen LogP contribution >= 0.6 is 7.60 Å². The Labute approximate surface area is 110 Å². The molecule has 0 aromatic heterocycles. The van der Waals surface area contributed by atoms with E-state index in [0.717, 1.165) is 19.3 Å². The molecule has 0 aromatic carbocycles. The van der Waals surface area contributed by atoms with E-state index in [2.05, 4.69) is 0 Å². The summed E-state index contributed by atoms with van der Waals surface area (Å²) < 4.78 is 11.2. The lowest BCUT2D eigenvalue weighted by Crippen LogP contribution is -2.44. The highest BCUT2D eigenvalue weighted by atomic mass is 31.2. The number of carboxylic acid groups (broad SMARTS) is 2. The van der Waals surface area contributed by atoms with Crippen LogP contribution in [-0.4, -0.2) is 62.1 Å². The molecule has 0 aromatic rings. The summed E-state index contributed by atoms with van der Waals surface area (Å²) in [7, 11) is -5.02. The van der Waals surface area contributed by atoms with E-state index in [1.807, 2.05) is 0 Å². The molecule has 1 fully saturated rings. The molecule has 1 aliphatic heterocycles. The molecule has 2 unspecified atom stereocenters. The van der Waals surface area contributed by atoms with Crippen molar-refractivity contribution in [3.63, 3.8) is 0 Å². The number of hydrogen-bond donors (Lipinski definition) is 4. The molecule has 1 aliphatic rings. The van der Waals surface area contributed by atoms with Gasteiger partial charge in [-0.25, -0.2) is 0 Å². The smallest absolute Gasteiger partial charge is 0.340 e. The lowest BCUT2D eigenvalue weighted by molar-refractivity contribution is -0.149. The number of carboxylic acids is 2. The van der Waals surface area contributed by atoms with Gasteiger partial charge >= 0.3 is 19.5 Å². The van der Waals surface area contributed by atoms with Crippen LogP contribution in [-0.2, 0) is 14.2 Å². The van der Waals surface area contributed by atoms with E-state index in [1.54, 1.807) is 4.90 Å². The fourth-order valence-electron chi connectivity index (χ4n) is 2.28. The van der Waals surface area contributed by atoms with Gasteiger partial charge in [-0.2, -0.15) is 0 Å². The molecule has 2 atom stereocenters. The van der Waals surface area contributed by atoms with Gasteiger partial charge in [0.25, 0.3) is 0 Å². The highest BCUT2D eigenvalue weighted by Crippen LogP contribution is 2.45. The average Bonchev–Trinajstić information content (AvgIpc) is 2.27. The van der Waals surface area contributed by atoms with Crippen molar-refractivity contribution in [2.45, 2.75) is 24.9 Å². The maximum absolute atomic E-state index is 11.2. The first kappa shape index (κ1) is 16.1. The van der Waals surface area contributed by atoms with Crippen molar-refractivity contribution in [2.24, 2.45) is 5.92 Å². The van der Waals surface area contributed by atoms with E-state index in [1.165, 1.54) is 0 Å². The summed E-state index contributed by atoms with van der Waals surface area (Å²) >= 11 is 0. The molecule has 110 valence electrons. The molecule has 0 amide bonds. The van der Waals surface area contributed by atoms with E-state index >= 15 is 0 Å². The van der Waals surface area contributed by atoms with Gasteiger partial charge < -0.3 is 24.9 Å². The number of piperidine rings is 1. The van der Waals surface area contributed by atoms with Crippen LogP contribution in [0.2, 0.25) is 0 Å². The van der Waals surface area contributed by atoms with Gasteiger partial charge in [0.1, 0.15) is 0 Å². The summed E-state index contributed by atoms with van der Waals surface area (Å²) in [6.45, 7) is 1.09. The zero-order valence-corrected chi connectivity index (χ0v) is 11.2. The van der Waals surface area contributed by atoms with E-state index in [9.17, 15) is 14.2 Å². The van der Waals surface area contributed by atoms with E-state index in [-0.39, 0.29) is 6.54 Å². The van der Waals surface area contributed by atoms with Crippen molar-refractivity contribution in [1.29, 1.82) is 0 Å². The van der Waals surface area contributed by atoms with Gasteiger partial charge in [0.15, 0.2) is 5.66 Å². The first-order valence-corrected chi connectivity index (χ1v) is 7.65. The van der Waals surface area contributed by atoms with Crippen LogP contribution in [0.1, 0.15) is 19.3 Å². The van der Waals surface area contributed by atoms with Crippen LogP contribution < -0.4 is 0 Å². The zero-order chi connectivity index (χ0) is 14.6. The number of aliphatic carboxylic acids is 2. The molecule has 1 rings (SSSR count). The molecule has 0 saturated carbocycles. The second-order valence-electron chi connectivity index (χ2n) is 4.68. The third-order valence-corrected chi connectivity index (χ3v) is 4.52. The summed E-state index contributed by atoms with van der Waals surface area (Å²) in [5, 5.41) is 17.9. The van der Waals surface area contributed by atoms with Crippen molar-refractivity contribution in [3.8, 4) is 0 Å². The number of rotatable bonds is 6. The van der Waals surface area contributed by atoms with Gasteiger partial charge in [-0.05, 0) is 25.9 Å². The maximum Gasteiger partial charge on any atom is 0.340 e. The Morgan fingerprint density at radius 2 is 1.58 bits per heavy atom. The summed E-state index contributed by atoms with van der Waals surface area (Å²) in [6.07, 6.45) is 2.77. The van der Waals surface area contributed by atoms with Crippen LogP contribution in [0.25, 0.3) is 0 Å². The van der Waals surface area contributed by atoms with Crippen LogP contribution in [0.4, 0.5) is 0 Å². The molecule has 0 bridgehead atoms. The van der Waals surface area contributed by atoms with Crippen LogP contribution in [0.5, 0.6) is 0 Å².